The van der Waals surface area contributed by atoms with Gasteiger partial charge in [0, 0.05) is 0 Å². The van der Waals surface area contributed by atoms with Gasteiger partial charge in [-0.25, -0.2) is 0 Å². The molecule has 2 aliphatic rings. The highest BCUT2D eigenvalue weighted by molar-refractivity contribution is 5.28. The first-order valence-electron chi connectivity index (χ1n) is 19.9. The van der Waals surface area contributed by atoms with Crippen LogP contribution in [-0.2, 0) is 12.8 Å². The van der Waals surface area contributed by atoms with Gasteiger partial charge in [-0.3, -0.25) is 0 Å². The quantitative estimate of drug-likeness (QED) is 0.0959. The van der Waals surface area contributed by atoms with Crippen LogP contribution >= 0.6 is 0 Å². The van der Waals surface area contributed by atoms with Gasteiger partial charge in [0.15, 0.2) is 0 Å². The minimum Gasteiger partial charge on any atom is -0.435 e. The zero-order valence-electron chi connectivity index (χ0n) is 30.7. The monoisotopic (exact) mass is 690 g/mol. The molecule has 2 nitrogen and oxygen atoms in total. The minimum atomic E-state index is -2.74. The number of hydrogen-bond acceptors (Lipinski definition) is 2. The van der Waals surface area contributed by atoms with Crippen LogP contribution in [0.3, 0.4) is 0 Å². The van der Waals surface area contributed by atoms with Crippen LogP contribution < -0.4 is 9.47 Å². The van der Waals surface area contributed by atoms with Crippen molar-refractivity contribution < 1.29 is 27.0 Å². The fourth-order valence-electron chi connectivity index (χ4n) is 7.93. The first-order valence-corrected chi connectivity index (χ1v) is 19.9. The molecule has 0 aliphatic heterocycles. The Bertz CT molecular complexity index is 1060. The molecule has 2 aromatic rings. The van der Waals surface area contributed by atoms with Gasteiger partial charge in [0.25, 0.3) is 0 Å². The number of unbranched alkanes of at least 4 members (excludes halogenated alkanes) is 7. The second kappa shape index (κ2) is 24.8. The van der Waals surface area contributed by atoms with Crippen LogP contribution in [-0.4, -0.2) is 13.2 Å². The van der Waals surface area contributed by atoms with Crippen molar-refractivity contribution in [1.29, 1.82) is 0 Å². The summed E-state index contributed by atoms with van der Waals surface area (Å²) in [6.07, 6.45) is 30.9. The molecule has 0 saturated heterocycles. The highest BCUT2D eigenvalue weighted by Crippen LogP contribution is 2.36. The normalized spacial score (nSPS) is 21.0. The number of hydrogen-bond donors (Lipinski definition) is 0. The smallest absolute Gasteiger partial charge is 0.387 e. The lowest BCUT2D eigenvalue weighted by Gasteiger charge is -2.28. The van der Waals surface area contributed by atoms with E-state index in [1.165, 1.54) is 146 Å². The van der Waals surface area contributed by atoms with E-state index >= 15 is 0 Å². The van der Waals surface area contributed by atoms with Crippen molar-refractivity contribution in [1.82, 2.24) is 0 Å². The van der Waals surface area contributed by atoms with Gasteiger partial charge in [0.2, 0.25) is 0 Å². The predicted molar refractivity (Wildman–Crippen MR) is 196 cm³/mol. The first-order chi connectivity index (χ1) is 23.8. The third-order valence-corrected chi connectivity index (χ3v) is 11.1. The predicted octanol–water partition coefficient (Wildman–Crippen LogP) is 14.4. The fourth-order valence-corrected chi connectivity index (χ4v) is 7.93. The van der Waals surface area contributed by atoms with Gasteiger partial charge in [0.1, 0.15) is 11.5 Å². The van der Waals surface area contributed by atoms with Crippen LogP contribution in [0.25, 0.3) is 0 Å². The van der Waals surface area contributed by atoms with E-state index in [9.17, 15) is 17.6 Å². The molecule has 0 atom stereocenters. The molecule has 2 fully saturated rings. The van der Waals surface area contributed by atoms with Crippen molar-refractivity contribution in [3.8, 4) is 11.5 Å². The van der Waals surface area contributed by atoms with E-state index in [4.69, 9.17) is 0 Å². The molecule has 0 radical (unpaired) electrons. The lowest BCUT2D eigenvalue weighted by atomic mass is 9.78. The average molecular weight is 691 g/mol. The molecule has 0 N–H and O–H groups in total. The van der Waals surface area contributed by atoms with E-state index in [2.05, 4.69) is 23.3 Å². The molecule has 0 aromatic heterocycles. The van der Waals surface area contributed by atoms with Gasteiger partial charge < -0.3 is 9.47 Å². The van der Waals surface area contributed by atoms with Crippen LogP contribution in [0.5, 0.6) is 11.5 Å². The van der Waals surface area contributed by atoms with Gasteiger partial charge >= 0.3 is 13.2 Å². The van der Waals surface area contributed by atoms with Gasteiger partial charge in [-0.1, -0.05) is 160 Å². The zero-order valence-corrected chi connectivity index (χ0v) is 30.7. The Kier molecular flexibility index (Phi) is 20.9. The highest BCUT2D eigenvalue weighted by atomic mass is 19.3. The molecule has 0 bridgehead atoms. The number of alkyl halides is 4. The summed E-state index contributed by atoms with van der Waals surface area (Å²) >= 11 is 0. The van der Waals surface area contributed by atoms with Crippen molar-refractivity contribution >= 4 is 0 Å². The third kappa shape index (κ3) is 18.5. The van der Waals surface area contributed by atoms with Crippen molar-refractivity contribution in [2.45, 2.75) is 175 Å². The summed E-state index contributed by atoms with van der Waals surface area (Å²) in [6, 6.07) is 14.3. The molecule has 0 unspecified atom stereocenters. The van der Waals surface area contributed by atoms with Gasteiger partial charge in [-0.05, 0) is 84.7 Å². The summed E-state index contributed by atoms with van der Waals surface area (Å²) < 4.78 is 57.4. The molecule has 2 saturated carbocycles. The number of aryl methyl sites for hydroxylation is 2. The van der Waals surface area contributed by atoms with E-state index in [-0.39, 0.29) is 11.5 Å². The maximum Gasteiger partial charge on any atom is 0.387 e. The lowest BCUT2D eigenvalue weighted by molar-refractivity contribution is -0.0505. The molecule has 2 aliphatic carbocycles. The number of rotatable bonds is 21. The van der Waals surface area contributed by atoms with Crippen molar-refractivity contribution in [3.63, 3.8) is 0 Å². The van der Waals surface area contributed by atoms with Crippen molar-refractivity contribution in [2.75, 3.05) is 0 Å². The number of benzene rings is 2. The Balaban J connectivity index is 0.000000266. The van der Waals surface area contributed by atoms with E-state index < -0.39 is 13.2 Å². The SMILES string of the molecule is CCCCCCC[C@H]1CC[C@H](CCc2ccc(OC(F)F)cc2)CC1.CCCCCC[C@H]1CC[C@H](CCc2ccc(OC(F)F)cc2)CC1. The van der Waals surface area contributed by atoms with Crippen LogP contribution in [0.15, 0.2) is 48.5 Å². The van der Waals surface area contributed by atoms with Crippen molar-refractivity contribution in [3.05, 3.63) is 59.7 Å². The molecule has 6 heteroatoms. The molecule has 278 valence electrons. The minimum absolute atomic E-state index is 0.248. The maximum atomic E-state index is 12.2. The van der Waals surface area contributed by atoms with E-state index in [1.807, 2.05) is 24.3 Å². The Morgan fingerprint density at radius 3 is 1.08 bits per heavy atom. The Morgan fingerprint density at radius 1 is 0.449 bits per heavy atom. The first kappa shape index (κ1) is 41.2. The Labute approximate surface area is 296 Å². The van der Waals surface area contributed by atoms with Crippen LogP contribution in [0.1, 0.15) is 160 Å². The largest absolute Gasteiger partial charge is 0.435 e. The van der Waals surface area contributed by atoms with Gasteiger partial charge in [0.05, 0.1) is 0 Å². The fraction of sp³-hybridized carbons (Fsp3) is 0.721. The number of ether oxygens (including phenoxy) is 2. The Morgan fingerprint density at radius 2 is 0.755 bits per heavy atom. The van der Waals surface area contributed by atoms with Gasteiger partial charge in [-0.15, -0.1) is 0 Å². The molecule has 0 amide bonds. The molecule has 4 rings (SSSR count). The van der Waals surface area contributed by atoms with Crippen LogP contribution in [0.2, 0.25) is 0 Å². The number of halogens is 4. The zero-order chi connectivity index (χ0) is 35.1. The van der Waals surface area contributed by atoms with Crippen LogP contribution in [0, 0.1) is 23.7 Å². The summed E-state index contributed by atoms with van der Waals surface area (Å²) in [6.45, 7) is -0.946. The third-order valence-electron chi connectivity index (χ3n) is 11.1. The lowest BCUT2D eigenvalue weighted by Crippen LogP contribution is -2.15. The molecule has 0 heterocycles. The summed E-state index contributed by atoms with van der Waals surface area (Å²) in [5.41, 5.74) is 2.44. The van der Waals surface area contributed by atoms with E-state index in [0.29, 0.717) is 0 Å². The molecule has 2 aromatic carbocycles. The second-order valence-electron chi connectivity index (χ2n) is 14.9. The standard InChI is InChI=1S/C22H34F2O.C21H32F2O/c1-2-3-4-5-6-7-18-8-10-19(11-9-18)12-13-20-14-16-21(17-15-20)25-22(23)24;1-2-3-4-5-6-17-7-9-18(10-8-17)11-12-19-13-15-20(16-14-19)24-21(22)23/h14-19,22H,2-13H2,1H3;13-18,21H,2-12H2,1H3/t18-,19-;17-,18-. The molecular formula is C43H66F4O2. The molecule has 0 spiro atoms. The van der Waals surface area contributed by atoms with E-state index in [0.717, 1.165) is 36.5 Å². The van der Waals surface area contributed by atoms with Crippen molar-refractivity contribution in [2.24, 2.45) is 23.7 Å². The maximum absolute atomic E-state index is 12.2. The summed E-state index contributed by atoms with van der Waals surface area (Å²) in [5.74, 6) is 4.10. The summed E-state index contributed by atoms with van der Waals surface area (Å²) in [4.78, 5) is 0. The highest BCUT2D eigenvalue weighted by Gasteiger charge is 2.22. The summed E-state index contributed by atoms with van der Waals surface area (Å²) in [7, 11) is 0. The summed E-state index contributed by atoms with van der Waals surface area (Å²) in [5, 5.41) is 0. The Hall–Kier alpha value is -2.24. The van der Waals surface area contributed by atoms with E-state index in [1.54, 1.807) is 24.3 Å². The average Bonchev–Trinajstić information content (AvgIpc) is 3.10. The molecule has 49 heavy (non-hydrogen) atoms. The van der Waals surface area contributed by atoms with Crippen LogP contribution in [0.4, 0.5) is 17.6 Å². The second-order valence-corrected chi connectivity index (χ2v) is 14.9. The topological polar surface area (TPSA) is 18.5 Å². The van der Waals surface area contributed by atoms with Gasteiger partial charge in [-0.2, -0.15) is 17.6 Å². The molecular weight excluding hydrogens is 624 g/mol.